The summed E-state index contributed by atoms with van der Waals surface area (Å²) in [7, 11) is 0. The van der Waals surface area contributed by atoms with Gasteiger partial charge in [0.05, 0.1) is 6.10 Å². The van der Waals surface area contributed by atoms with Crippen molar-refractivity contribution in [3.63, 3.8) is 0 Å². The second kappa shape index (κ2) is 5.80. The predicted octanol–water partition coefficient (Wildman–Crippen LogP) is 1.41. The van der Waals surface area contributed by atoms with Crippen molar-refractivity contribution in [2.75, 3.05) is 13.2 Å². The fourth-order valence-electron chi connectivity index (χ4n) is 0.900. The van der Waals surface area contributed by atoms with Gasteiger partial charge in [-0.05, 0) is 20.8 Å². The molecule has 0 radical (unpaired) electrons. The Balaban J connectivity index is 3.98. The van der Waals surface area contributed by atoms with Crippen LogP contribution in [0.15, 0.2) is 0 Å². The van der Waals surface area contributed by atoms with Crippen molar-refractivity contribution in [2.45, 2.75) is 38.4 Å². The minimum atomic E-state index is -0.933. The van der Waals surface area contributed by atoms with E-state index in [1.165, 1.54) is 0 Å². The van der Waals surface area contributed by atoms with Crippen molar-refractivity contribution >= 4 is 12.6 Å². The maximum absolute atomic E-state index is 8.73. The van der Waals surface area contributed by atoms with Gasteiger partial charge in [0, 0.05) is 19.6 Å². The fourth-order valence-corrected chi connectivity index (χ4v) is 1.34. The van der Waals surface area contributed by atoms with Crippen molar-refractivity contribution in [3.8, 4) is 0 Å². The molecule has 4 heteroatoms. The molecule has 0 spiro atoms. The molecule has 0 aliphatic rings. The maximum Gasteiger partial charge on any atom is 0.217 e. The summed E-state index contributed by atoms with van der Waals surface area (Å²) in [4.78, 5) is 0. The maximum atomic E-state index is 8.73. The molecule has 0 aromatic carbocycles. The molecule has 0 aromatic heterocycles. The molecule has 0 aliphatic carbocycles. The molecule has 0 rings (SSSR count). The van der Waals surface area contributed by atoms with Crippen LogP contribution in [0.2, 0.25) is 0 Å². The summed E-state index contributed by atoms with van der Waals surface area (Å²) >= 11 is 4.21. The van der Waals surface area contributed by atoms with Crippen LogP contribution in [0, 0.1) is 0 Å². The molecule has 0 saturated carbocycles. The van der Waals surface area contributed by atoms with Crippen LogP contribution in [0.5, 0.6) is 0 Å². The van der Waals surface area contributed by atoms with Gasteiger partial charge in [0.2, 0.25) is 5.12 Å². The van der Waals surface area contributed by atoms with Crippen LogP contribution < -0.4 is 0 Å². The number of aliphatic hydroxyl groups is 1. The van der Waals surface area contributed by atoms with Crippen LogP contribution in [-0.2, 0) is 9.47 Å². The van der Waals surface area contributed by atoms with Crippen molar-refractivity contribution < 1.29 is 14.6 Å². The third-order valence-electron chi connectivity index (χ3n) is 1.22. The smallest absolute Gasteiger partial charge is 0.217 e. The highest BCUT2D eigenvalue weighted by Crippen LogP contribution is 2.24. The lowest BCUT2D eigenvalue weighted by Crippen LogP contribution is -2.33. The molecule has 0 bridgehead atoms. The zero-order valence-electron chi connectivity index (χ0n) is 7.91. The van der Waals surface area contributed by atoms with E-state index in [9.17, 15) is 0 Å². The monoisotopic (exact) mass is 194 g/mol. The topological polar surface area (TPSA) is 38.7 Å². The van der Waals surface area contributed by atoms with Gasteiger partial charge in [-0.15, -0.1) is 12.6 Å². The minimum absolute atomic E-state index is 0.0101. The Morgan fingerprint density at radius 2 is 2.08 bits per heavy atom. The van der Waals surface area contributed by atoms with Crippen LogP contribution in [0.25, 0.3) is 0 Å². The summed E-state index contributed by atoms with van der Waals surface area (Å²) in [6.45, 7) is 6.21. The largest absolute Gasteiger partial charge is 0.396 e. The first-order valence-corrected chi connectivity index (χ1v) is 4.64. The zero-order chi connectivity index (χ0) is 9.61. The summed E-state index contributed by atoms with van der Waals surface area (Å²) < 4.78 is 10.7. The molecular weight excluding hydrogens is 176 g/mol. The molecule has 74 valence electrons. The van der Waals surface area contributed by atoms with E-state index in [0.29, 0.717) is 13.0 Å². The first-order valence-electron chi connectivity index (χ1n) is 4.19. The first-order chi connectivity index (χ1) is 5.54. The molecule has 0 fully saturated rings. The molecule has 1 N–H and O–H groups in total. The van der Waals surface area contributed by atoms with E-state index in [1.54, 1.807) is 0 Å². The summed E-state index contributed by atoms with van der Waals surface area (Å²) in [5, 5.41) is 7.80. The van der Waals surface area contributed by atoms with Crippen LogP contribution in [-0.4, -0.2) is 29.5 Å². The quantitative estimate of drug-likeness (QED) is 0.496. The zero-order valence-corrected chi connectivity index (χ0v) is 8.80. The number of aliphatic hydroxyl groups excluding tert-OH is 1. The van der Waals surface area contributed by atoms with E-state index in [1.807, 2.05) is 20.8 Å². The molecular formula is C8H18O3S. The van der Waals surface area contributed by atoms with Crippen LogP contribution in [0.4, 0.5) is 0 Å². The minimum Gasteiger partial charge on any atom is -0.396 e. The Hall–Kier alpha value is 0.230. The number of rotatable bonds is 6. The number of thiol groups is 1. The van der Waals surface area contributed by atoms with Crippen LogP contribution in [0.1, 0.15) is 27.2 Å². The fraction of sp³-hybridized carbons (Fsp3) is 1.00. The number of ether oxygens (including phenoxy) is 2. The van der Waals surface area contributed by atoms with Crippen molar-refractivity contribution in [1.82, 2.24) is 0 Å². The molecule has 1 unspecified atom stereocenters. The molecule has 0 aromatic rings. The number of hydrogen-bond donors (Lipinski definition) is 2. The highest BCUT2D eigenvalue weighted by atomic mass is 32.1. The van der Waals surface area contributed by atoms with Crippen molar-refractivity contribution in [3.05, 3.63) is 0 Å². The highest BCUT2D eigenvalue weighted by molar-refractivity contribution is 7.81. The Labute approximate surface area is 79.5 Å². The summed E-state index contributed by atoms with van der Waals surface area (Å²) in [5.41, 5.74) is 0. The van der Waals surface area contributed by atoms with Crippen molar-refractivity contribution in [2.24, 2.45) is 0 Å². The third-order valence-corrected chi connectivity index (χ3v) is 1.68. The first kappa shape index (κ1) is 12.2. The normalized spacial score (nSPS) is 16.5. The second-order valence-electron chi connectivity index (χ2n) is 2.79. The van der Waals surface area contributed by atoms with Gasteiger partial charge in [-0.2, -0.15) is 0 Å². The molecule has 12 heavy (non-hydrogen) atoms. The van der Waals surface area contributed by atoms with Crippen LogP contribution in [0.3, 0.4) is 0 Å². The Morgan fingerprint density at radius 1 is 1.50 bits per heavy atom. The van der Waals surface area contributed by atoms with Gasteiger partial charge < -0.3 is 14.6 Å². The Morgan fingerprint density at radius 3 is 2.42 bits per heavy atom. The van der Waals surface area contributed by atoms with E-state index >= 15 is 0 Å². The van der Waals surface area contributed by atoms with Gasteiger partial charge in [-0.3, -0.25) is 0 Å². The van der Waals surface area contributed by atoms with Gasteiger partial charge in [0.15, 0.2) is 0 Å². The summed E-state index contributed by atoms with van der Waals surface area (Å²) in [6.07, 6.45) is 0.419. The standard InChI is InChI=1S/C8H18O3S/c1-4-10-8(12,5-6-9)11-7(2)3/h7,9,12H,4-6H2,1-3H3. The molecule has 1 atom stereocenters. The lowest BCUT2D eigenvalue weighted by molar-refractivity contribution is -0.193. The average molecular weight is 194 g/mol. The third kappa shape index (κ3) is 4.98. The molecule has 0 amide bonds. The van der Waals surface area contributed by atoms with E-state index < -0.39 is 5.12 Å². The van der Waals surface area contributed by atoms with E-state index in [0.717, 1.165) is 0 Å². The lowest BCUT2D eigenvalue weighted by atomic mass is 10.4. The summed E-state index contributed by atoms with van der Waals surface area (Å²) in [6, 6.07) is 0. The van der Waals surface area contributed by atoms with Gasteiger partial charge >= 0.3 is 0 Å². The number of hydrogen-bond acceptors (Lipinski definition) is 4. The Bertz CT molecular complexity index is 111. The molecule has 3 nitrogen and oxygen atoms in total. The SMILES string of the molecule is CCOC(S)(CCO)OC(C)C. The molecule has 0 heterocycles. The van der Waals surface area contributed by atoms with Gasteiger partial charge in [0.1, 0.15) is 0 Å². The second-order valence-corrected chi connectivity index (χ2v) is 3.47. The lowest BCUT2D eigenvalue weighted by Gasteiger charge is -2.29. The predicted molar refractivity (Wildman–Crippen MR) is 51.3 cm³/mol. The summed E-state index contributed by atoms with van der Waals surface area (Å²) in [5.74, 6) is 0. The average Bonchev–Trinajstić information content (AvgIpc) is 1.85. The Kier molecular flexibility index (Phi) is 5.92. The van der Waals surface area contributed by atoms with Crippen LogP contribution >= 0.6 is 12.6 Å². The van der Waals surface area contributed by atoms with Gasteiger partial charge in [0.25, 0.3) is 0 Å². The highest BCUT2D eigenvalue weighted by Gasteiger charge is 2.27. The van der Waals surface area contributed by atoms with Gasteiger partial charge in [-0.1, -0.05) is 0 Å². The van der Waals surface area contributed by atoms with Crippen molar-refractivity contribution in [1.29, 1.82) is 0 Å². The van der Waals surface area contributed by atoms with Gasteiger partial charge in [-0.25, -0.2) is 0 Å². The van der Waals surface area contributed by atoms with E-state index in [4.69, 9.17) is 14.6 Å². The molecule has 0 saturated heterocycles. The van der Waals surface area contributed by atoms with E-state index in [-0.39, 0.29) is 12.7 Å². The van der Waals surface area contributed by atoms with E-state index in [2.05, 4.69) is 12.6 Å². The molecule has 0 aliphatic heterocycles.